The van der Waals surface area contributed by atoms with Crippen LogP contribution in [0.3, 0.4) is 0 Å². The summed E-state index contributed by atoms with van der Waals surface area (Å²) < 4.78 is 5.17. The van der Waals surface area contributed by atoms with E-state index in [1.165, 1.54) is 0 Å². The average Bonchev–Trinajstić information content (AvgIpc) is 2.65. The molecule has 4 heteroatoms. The number of aryl methyl sites for hydroxylation is 1. The molecule has 84 valence electrons. The zero-order valence-corrected chi connectivity index (χ0v) is 9.08. The van der Waals surface area contributed by atoms with Gasteiger partial charge >= 0.3 is 0 Å². The lowest BCUT2D eigenvalue weighted by Gasteiger charge is -2.09. The Labute approximate surface area is 93.6 Å². The van der Waals surface area contributed by atoms with Crippen molar-refractivity contribution in [3.05, 3.63) is 23.3 Å². The van der Waals surface area contributed by atoms with E-state index in [1.807, 2.05) is 12.1 Å². The number of rotatable bonds is 4. The summed E-state index contributed by atoms with van der Waals surface area (Å²) in [5.74, 6) is 0.728. The third-order valence-corrected chi connectivity index (χ3v) is 2.66. The Balaban J connectivity index is 2.38. The molecule has 0 spiro atoms. The molecule has 1 aliphatic heterocycles. The second-order valence-electron chi connectivity index (χ2n) is 3.75. The fourth-order valence-corrected chi connectivity index (χ4v) is 1.92. The van der Waals surface area contributed by atoms with E-state index in [4.69, 9.17) is 4.74 Å². The van der Waals surface area contributed by atoms with Crippen molar-refractivity contribution in [2.24, 2.45) is 0 Å². The third-order valence-electron chi connectivity index (χ3n) is 2.66. The maximum Gasteiger partial charge on any atom is 0.228 e. The summed E-state index contributed by atoms with van der Waals surface area (Å²) in [5.41, 5.74) is 2.77. The van der Waals surface area contributed by atoms with Gasteiger partial charge in [0.15, 0.2) is 0 Å². The summed E-state index contributed by atoms with van der Waals surface area (Å²) in [6.07, 6.45) is 2.35. The van der Waals surface area contributed by atoms with Gasteiger partial charge in [-0.1, -0.05) is 0 Å². The van der Waals surface area contributed by atoms with E-state index in [-0.39, 0.29) is 5.91 Å². The SMILES string of the molecule is COc1cc(CCC=O)c2c(c1)CC(=O)N2. The number of carbonyl (C=O) groups excluding carboxylic acids is 2. The lowest BCUT2D eigenvalue weighted by Crippen LogP contribution is -2.05. The normalized spacial score (nSPS) is 13.2. The van der Waals surface area contributed by atoms with Gasteiger partial charge in [-0.15, -0.1) is 0 Å². The highest BCUT2D eigenvalue weighted by Gasteiger charge is 2.21. The van der Waals surface area contributed by atoms with Crippen molar-refractivity contribution in [3.63, 3.8) is 0 Å². The Hall–Kier alpha value is -1.84. The van der Waals surface area contributed by atoms with Crippen molar-refractivity contribution in [2.45, 2.75) is 19.3 Å². The molecule has 1 aliphatic rings. The molecule has 0 aliphatic carbocycles. The molecule has 0 unspecified atom stereocenters. The molecule has 0 atom stereocenters. The average molecular weight is 219 g/mol. The molecule has 0 saturated carbocycles. The van der Waals surface area contributed by atoms with Gasteiger partial charge in [-0.2, -0.15) is 0 Å². The van der Waals surface area contributed by atoms with Gasteiger partial charge in [0.05, 0.1) is 13.5 Å². The quantitative estimate of drug-likeness (QED) is 0.777. The first kappa shape index (κ1) is 10.7. The molecule has 0 radical (unpaired) electrons. The molecule has 0 aromatic heterocycles. The maximum atomic E-state index is 11.3. The molecule has 1 aromatic carbocycles. The first-order valence-corrected chi connectivity index (χ1v) is 5.18. The smallest absolute Gasteiger partial charge is 0.228 e. The van der Waals surface area contributed by atoms with E-state index in [9.17, 15) is 9.59 Å². The predicted molar refractivity (Wildman–Crippen MR) is 59.7 cm³/mol. The molecular weight excluding hydrogens is 206 g/mol. The topological polar surface area (TPSA) is 55.4 Å². The number of amides is 1. The number of hydrogen-bond donors (Lipinski definition) is 1. The number of carbonyl (C=O) groups is 2. The summed E-state index contributed by atoms with van der Waals surface area (Å²) in [6, 6.07) is 3.73. The van der Waals surface area contributed by atoms with E-state index < -0.39 is 0 Å². The van der Waals surface area contributed by atoms with Crippen LogP contribution in [0.1, 0.15) is 17.5 Å². The van der Waals surface area contributed by atoms with Crippen LogP contribution in [-0.2, 0) is 22.4 Å². The number of fused-ring (bicyclic) bond motifs is 1. The number of anilines is 1. The van der Waals surface area contributed by atoms with Crippen molar-refractivity contribution in [1.29, 1.82) is 0 Å². The molecule has 1 aromatic rings. The van der Waals surface area contributed by atoms with Gasteiger partial charge in [-0.3, -0.25) is 4.79 Å². The van der Waals surface area contributed by atoms with Crippen LogP contribution in [0.25, 0.3) is 0 Å². The monoisotopic (exact) mass is 219 g/mol. The van der Waals surface area contributed by atoms with E-state index in [0.717, 1.165) is 28.8 Å². The lowest BCUT2D eigenvalue weighted by atomic mass is 10.0. The Morgan fingerprint density at radius 3 is 3.00 bits per heavy atom. The van der Waals surface area contributed by atoms with Crippen LogP contribution in [0.4, 0.5) is 5.69 Å². The molecule has 0 fully saturated rings. The Kier molecular flexibility index (Phi) is 2.90. The van der Waals surface area contributed by atoms with Crippen LogP contribution in [0.5, 0.6) is 5.75 Å². The minimum atomic E-state index is -0.00407. The molecule has 1 N–H and O–H groups in total. The van der Waals surface area contributed by atoms with Crippen LogP contribution in [0.15, 0.2) is 12.1 Å². The second kappa shape index (κ2) is 4.35. The molecule has 1 amide bonds. The van der Waals surface area contributed by atoms with Gasteiger partial charge in [-0.05, 0) is 29.7 Å². The number of ether oxygens (including phenoxy) is 1. The fourth-order valence-electron chi connectivity index (χ4n) is 1.92. The van der Waals surface area contributed by atoms with Gasteiger partial charge in [0, 0.05) is 12.1 Å². The first-order valence-electron chi connectivity index (χ1n) is 5.18. The van der Waals surface area contributed by atoms with Gasteiger partial charge in [0.25, 0.3) is 0 Å². The Morgan fingerprint density at radius 1 is 1.50 bits per heavy atom. The van der Waals surface area contributed by atoms with Crippen molar-refractivity contribution in [3.8, 4) is 5.75 Å². The predicted octanol–water partition coefficient (Wildman–Crippen LogP) is 1.32. The Morgan fingerprint density at radius 2 is 2.31 bits per heavy atom. The number of nitrogens with one attached hydrogen (secondary N) is 1. The van der Waals surface area contributed by atoms with E-state index in [2.05, 4.69) is 5.32 Å². The van der Waals surface area contributed by atoms with Crippen molar-refractivity contribution < 1.29 is 14.3 Å². The van der Waals surface area contributed by atoms with Gasteiger partial charge in [0.2, 0.25) is 5.91 Å². The summed E-state index contributed by atoms with van der Waals surface area (Å²) in [7, 11) is 1.59. The first-order chi connectivity index (χ1) is 7.74. The molecular formula is C12H13NO3. The molecule has 2 rings (SSSR count). The summed E-state index contributed by atoms with van der Waals surface area (Å²) >= 11 is 0. The van der Waals surface area contributed by atoms with Crippen LogP contribution >= 0.6 is 0 Å². The number of hydrogen-bond acceptors (Lipinski definition) is 3. The minimum Gasteiger partial charge on any atom is -0.497 e. The largest absolute Gasteiger partial charge is 0.497 e. The zero-order chi connectivity index (χ0) is 11.5. The van der Waals surface area contributed by atoms with Crippen LogP contribution < -0.4 is 10.1 Å². The lowest BCUT2D eigenvalue weighted by molar-refractivity contribution is -0.115. The van der Waals surface area contributed by atoms with E-state index >= 15 is 0 Å². The second-order valence-corrected chi connectivity index (χ2v) is 3.75. The number of benzene rings is 1. The van der Waals surface area contributed by atoms with Crippen LogP contribution in [0.2, 0.25) is 0 Å². The Bertz CT molecular complexity index is 440. The maximum absolute atomic E-state index is 11.3. The van der Waals surface area contributed by atoms with Gasteiger partial charge < -0.3 is 14.8 Å². The highest BCUT2D eigenvalue weighted by Crippen LogP contribution is 2.32. The molecule has 0 bridgehead atoms. The van der Waals surface area contributed by atoms with Crippen molar-refractivity contribution >= 4 is 17.9 Å². The van der Waals surface area contributed by atoms with Crippen molar-refractivity contribution in [2.75, 3.05) is 12.4 Å². The molecule has 0 saturated heterocycles. The number of methoxy groups -OCH3 is 1. The van der Waals surface area contributed by atoms with Crippen molar-refractivity contribution in [1.82, 2.24) is 0 Å². The molecule has 16 heavy (non-hydrogen) atoms. The zero-order valence-electron chi connectivity index (χ0n) is 9.08. The van der Waals surface area contributed by atoms with Gasteiger partial charge in [0.1, 0.15) is 12.0 Å². The highest BCUT2D eigenvalue weighted by atomic mass is 16.5. The van der Waals surface area contributed by atoms with Gasteiger partial charge in [-0.25, -0.2) is 0 Å². The molecule has 1 heterocycles. The summed E-state index contributed by atoms with van der Waals surface area (Å²) in [6.45, 7) is 0. The third kappa shape index (κ3) is 1.91. The van der Waals surface area contributed by atoms with Crippen LogP contribution in [0, 0.1) is 0 Å². The minimum absolute atomic E-state index is 0.00407. The van der Waals surface area contributed by atoms with E-state index in [0.29, 0.717) is 19.3 Å². The standard InChI is InChI=1S/C12H13NO3/c1-16-10-5-8(3-2-4-14)12-9(6-10)7-11(15)13-12/h4-6H,2-3,7H2,1H3,(H,13,15). The van der Waals surface area contributed by atoms with Crippen LogP contribution in [-0.4, -0.2) is 19.3 Å². The fraction of sp³-hybridized carbons (Fsp3) is 0.333. The van der Waals surface area contributed by atoms with E-state index in [1.54, 1.807) is 7.11 Å². The molecule has 4 nitrogen and oxygen atoms in total. The number of aldehydes is 1. The summed E-state index contributed by atoms with van der Waals surface area (Å²) in [4.78, 5) is 21.7. The highest BCUT2D eigenvalue weighted by molar-refractivity contribution is 6.00. The summed E-state index contributed by atoms with van der Waals surface area (Å²) in [5, 5.41) is 2.82.